The highest BCUT2D eigenvalue weighted by Gasteiger charge is 2.34. The molecule has 25 heavy (non-hydrogen) atoms. The molecule has 0 bridgehead atoms. The molecule has 0 aromatic carbocycles. The van der Waals surface area contributed by atoms with E-state index in [4.69, 9.17) is 9.78 Å². The first kappa shape index (κ1) is 16.9. The van der Waals surface area contributed by atoms with E-state index in [1.165, 1.54) is 6.20 Å². The lowest BCUT2D eigenvalue weighted by molar-refractivity contribution is -0.132. The number of nitriles is 1. The predicted molar refractivity (Wildman–Crippen MR) is 89.8 cm³/mol. The van der Waals surface area contributed by atoms with Crippen LogP contribution in [0.25, 0.3) is 0 Å². The van der Waals surface area contributed by atoms with Gasteiger partial charge in [-0.05, 0) is 20.3 Å². The maximum absolute atomic E-state index is 12.4. The monoisotopic (exact) mass is 340 g/mol. The smallest absolute Gasteiger partial charge is 0.223 e. The molecule has 0 radical (unpaired) electrons. The molecule has 3 heterocycles. The molecule has 2 aromatic heterocycles. The summed E-state index contributed by atoms with van der Waals surface area (Å²) >= 11 is 0. The van der Waals surface area contributed by atoms with Crippen molar-refractivity contribution >= 4 is 11.7 Å². The van der Waals surface area contributed by atoms with Crippen molar-refractivity contribution in [3.8, 4) is 6.07 Å². The van der Waals surface area contributed by atoms with Gasteiger partial charge in [-0.2, -0.15) is 5.26 Å². The molecule has 0 unspecified atom stereocenters. The van der Waals surface area contributed by atoms with Crippen LogP contribution in [0.3, 0.4) is 0 Å². The second-order valence-electron chi connectivity index (χ2n) is 6.21. The Kier molecular flexibility index (Phi) is 4.65. The van der Waals surface area contributed by atoms with Crippen molar-refractivity contribution < 1.29 is 9.32 Å². The SMILES string of the molecule is Cc1noc(C)c1CCC(=O)N(C)C1CN(c2nccnc2C#N)C1. The maximum atomic E-state index is 12.4. The van der Waals surface area contributed by atoms with Gasteiger partial charge in [-0.3, -0.25) is 4.79 Å². The van der Waals surface area contributed by atoms with Gasteiger partial charge in [0.2, 0.25) is 5.91 Å². The number of rotatable bonds is 5. The van der Waals surface area contributed by atoms with Gasteiger partial charge in [-0.1, -0.05) is 5.16 Å². The van der Waals surface area contributed by atoms with E-state index in [1.807, 2.05) is 31.9 Å². The second kappa shape index (κ2) is 6.89. The van der Waals surface area contributed by atoms with Crippen LogP contribution in [0.2, 0.25) is 0 Å². The van der Waals surface area contributed by atoms with E-state index in [1.54, 1.807) is 11.1 Å². The molecular weight excluding hydrogens is 320 g/mol. The highest BCUT2D eigenvalue weighted by atomic mass is 16.5. The second-order valence-corrected chi connectivity index (χ2v) is 6.21. The zero-order valence-electron chi connectivity index (χ0n) is 14.6. The van der Waals surface area contributed by atoms with Crippen LogP contribution in [0.4, 0.5) is 5.82 Å². The van der Waals surface area contributed by atoms with Crippen molar-refractivity contribution in [2.75, 3.05) is 25.0 Å². The number of likely N-dealkylation sites (N-methyl/N-ethyl adjacent to an activating group) is 1. The van der Waals surface area contributed by atoms with Crippen molar-refractivity contribution in [1.82, 2.24) is 20.0 Å². The number of carbonyl (C=O) groups is 1. The van der Waals surface area contributed by atoms with E-state index < -0.39 is 0 Å². The van der Waals surface area contributed by atoms with Crippen LogP contribution in [0.1, 0.15) is 29.1 Å². The lowest BCUT2D eigenvalue weighted by Crippen LogP contribution is -2.60. The molecule has 0 spiro atoms. The minimum atomic E-state index is 0.0873. The highest BCUT2D eigenvalue weighted by molar-refractivity contribution is 5.77. The van der Waals surface area contributed by atoms with Crippen molar-refractivity contribution in [1.29, 1.82) is 5.26 Å². The first-order valence-electron chi connectivity index (χ1n) is 8.14. The van der Waals surface area contributed by atoms with Crippen LogP contribution in [-0.2, 0) is 11.2 Å². The third-order valence-electron chi connectivity index (χ3n) is 4.66. The zero-order valence-corrected chi connectivity index (χ0v) is 14.6. The summed E-state index contributed by atoms with van der Waals surface area (Å²) in [6.07, 6.45) is 4.12. The molecule has 8 nitrogen and oxygen atoms in total. The molecule has 0 aliphatic carbocycles. The molecular formula is C17H20N6O2. The number of nitrogens with zero attached hydrogens (tertiary/aromatic N) is 6. The van der Waals surface area contributed by atoms with Gasteiger partial charge in [0.1, 0.15) is 11.8 Å². The molecule has 130 valence electrons. The molecule has 0 saturated carbocycles. The van der Waals surface area contributed by atoms with Crippen molar-refractivity contribution in [2.45, 2.75) is 32.7 Å². The van der Waals surface area contributed by atoms with Crippen LogP contribution >= 0.6 is 0 Å². The third-order valence-corrected chi connectivity index (χ3v) is 4.66. The average molecular weight is 340 g/mol. The molecule has 0 N–H and O–H groups in total. The van der Waals surface area contributed by atoms with E-state index in [9.17, 15) is 4.79 Å². The fraction of sp³-hybridized carbons (Fsp3) is 0.471. The van der Waals surface area contributed by atoms with Gasteiger partial charge in [0, 0.05) is 44.5 Å². The first-order chi connectivity index (χ1) is 12.0. The summed E-state index contributed by atoms with van der Waals surface area (Å²) in [5, 5.41) is 13.0. The normalized spacial score (nSPS) is 14.1. The Hall–Kier alpha value is -2.95. The lowest BCUT2D eigenvalue weighted by Gasteiger charge is -2.44. The number of aromatic nitrogens is 3. The maximum Gasteiger partial charge on any atom is 0.223 e. The average Bonchev–Trinajstić information content (AvgIpc) is 2.90. The van der Waals surface area contributed by atoms with Gasteiger partial charge < -0.3 is 14.3 Å². The van der Waals surface area contributed by atoms with Gasteiger partial charge in [0.15, 0.2) is 11.5 Å². The number of anilines is 1. The predicted octanol–water partition coefficient (Wildman–Crippen LogP) is 1.23. The molecule has 3 rings (SSSR count). The minimum absolute atomic E-state index is 0.0873. The first-order valence-corrected chi connectivity index (χ1v) is 8.14. The van der Waals surface area contributed by atoms with Crippen LogP contribution in [-0.4, -0.2) is 52.1 Å². The topological polar surface area (TPSA) is 99.2 Å². The van der Waals surface area contributed by atoms with E-state index in [-0.39, 0.29) is 11.9 Å². The van der Waals surface area contributed by atoms with Crippen LogP contribution in [0.5, 0.6) is 0 Å². The Balaban J connectivity index is 1.54. The Morgan fingerprint density at radius 2 is 2.12 bits per heavy atom. The Bertz CT molecular complexity index is 799. The van der Waals surface area contributed by atoms with Gasteiger partial charge in [0.25, 0.3) is 0 Å². The van der Waals surface area contributed by atoms with Crippen molar-refractivity contribution in [3.05, 3.63) is 35.1 Å². The van der Waals surface area contributed by atoms with E-state index in [0.29, 0.717) is 37.4 Å². The molecule has 1 saturated heterocycles. The minimum Gasteiger partial charge on any atom is -0.361 e. The zero-order chi connectivity index (χ0) is 18.0. The van der Waals surface area contributed by atoms with Crippen molar-refractivity contribution in [3.63, 3.8) is 0 Å². The van der Waals surface area contributed by atoms with Gasteiger partial charge in [-0.25, -0.2) is 9.97 Å². The van der Waals surface area contributed by atoms with E-state index in [2.05, 4.69) is 15.1 Å². The fourth-order valence-corrected chi connectivity index (χ4v) is 2.98. The van der Waals surface area contributed by atoms with Crippen LogP contribution in [0.15, 0.2) is 16.9 Å². The summed E-state index contributed by atoms with van der Waals surface area (Å²) in [4.78, 5) is 24.4. The number of amides is 1. The molecule has 8 heteroatoms. The van der Waals surface area contributed by atoms with E-state index >= 15 is 0 Å². The molecule has 0 atom stereocenters. The summed E-state index contributed by atoms with van der Waals surface area (Å²) in [7, 11) is 1.82. The van der Waals surface area contributed by atoms with Crippen LogP contribution < -0.4 is 4.90 Å². The number of aryl methyl sites for hydroxylation is 2. The Labute approximate surface area is 146 Å². The molecule has 2 aromatic rings. The quantitative estimate of drug-likeness (QED) is 0.807. The standard InChI is InChI=1S/C17H20N6O2/c1-11-14(12(2)25-21-11)4-5-16(24)22(3)13-9-23(10-13)17-15(8-18)19-6-7-20-17/h6-7,13H,4-5,9-10H2,1-3H3. The summed E-state index contributed by atoms with van der Waals surface area (Å²) in [5.41, 5.74) is 2.16. The number of carbonyl (C=O) groups excluding carboxylic acids is 1. The van der Waals surface area contributed by atoms with Gasteiger partial charge in [0.05, 0.1) is 11.7 Å². The van der Waals surface area contributed by atoms with Crippen molar-refractivity contribution in [2.24, 2.45) is 0 Å². The Morgan fingerprint density at radius 1 is 1.40 bits per heavy atom. The third kappa shape index (κ3) is 3.31. The number of hydrogen-bond donors (Lipinski definition) is 0. The van der Waals surface area contributed by atoms with Gasteiger partial charge in [-0.15, -0.1) is 0 Å². The Morgan fingerprint density at radius 3 is 2.76 bits per heavy atom. The summed E-state index contributed by atoms with van der Waals surface area (Å²) in [5.74, 6) is 1.44. The molecule has 1 amide bonds. The summed E-state index contributed by atoms with van der Waals surface area (Å²) in [6.45, 7) is 5.06. The summed E-state index contributed by atoms with van der Waals surface area (Å²) in [6, 6.07) is 2.16. The summed E-state index contributed by atoms with van der Waals surface area (Å²) < 4.78 is 5.13. The lowest BCUT2D eigenvalue weighted by atomic mass is 10.0. The molecule has 1 aliphatic heterocycles. The van der Waals surface area contributed by atoms with Crippen LogP contribution in [0, 0.1) is 25.2 Å². The fourth-order valence-electron chi connectivity index (χ4n) is 2.98. The molecule has 1 aliphatic rings. The van der Waals surface area contributed by atoms with Gasteiger partial charge >= 0.3 is 0 Å². The largest absolute Gasteiger partial charge is 0.361 e. The molecule has 1 fully saturated rings. The number of hydrogen-bond acceptors (Lipinski definition) is 7. The highest BCUT2D eigenvalue weighted by Crippen LogP contribution is 2.24. The van der Waals surface area contributed by atoms with E-state index in [0.717, 1.165) is 17.0 Å².